The van der Waals surface area contributed by atoms with E-state index >= 15 is 0 Å². The number of rotatable bonds is 8. The van der Waals surface area contributed by atoms with Crippen LogP contribution in [0.1, 0.15) is 56.7 Å². The average molecular weight is 437 g/mol. The van der Waals surface area contributed by atoms with Crippen LogP contribution < -0.4 is 11.1 Å². The summed E-state index contributed by atoms with van der Waals surface area (Å²) >= 11 is 0. The monoisotopic (exact) mass is 436 g/mol. The lowest BCUT2D eigenvalue weighted by Gasteiger charge is -2.59. The van der Waals surface area contributed by atoms with Gasteiger partial charge in [0, 0.05) is 6.04 Å². The summed E-state index contributed by atoms with van der Waals surface area (Å²) in [6.45, 7) is 2.59. The molecule has 8 nitrogen and oxygen atoms in total. The Kier molecular flexibility index (Phi) is 5.61. The van der Waals surface area contributed by atoms with Gasteiger partial charge in [0.1, 0.15) is 0 Å². The maximum atomic E-state index is 12.5. The molecule has 8 heteroatoms. The zero-order valence-corrected chi connectivity index (χ0v) is 18.6. The highest BCUT2D eigenvalue weighted by molar-refractivity contribution is 5.94. The molecular weight excluding hydrogens is 404 g/mol. The van der Waals surface area contributed by atoms with E-state index in [9.17, 15) is 4.79 Å². The molecule has 4 saturated carbocycles. The van der Waals surface area contributed by atoms with Gasteiger partial charge in [-0.1, -0.05) is 40.7 Å². The van der Waals surface area contributed by atoms with Crippen molar-refractivity contribution >= 4 is 11.7 Å². The third-order valence-electron chi connectivity index (χ3n) is 7.73. The van der Waals surface area contributed by atoms with E-state index in [4.69, 9.17) is 10.6 Å². The van der Waals surface area contributed by atoms with Crippen molar-refractivity contribution < 1.29 is 9.63 Å². The van der Waals surface area contributed by atoms with Gasteiger partial charge in [0.25, 0.3) is 5.91 Å². The highest BCUT2D eigenvalue weighted by Crippen LogP contribution is 2.61. The van der Waals surface area contributed by atoms with Crippen molar-refractivity contribution in [2.45, 2.75) is 58.0 Å². The molecule has 1 atom stereocenters. The maximum absolute atomic E-state index is 12.5. The molecule has 4 aliphatic rings. The van der Waals surface area contributed by atoms with E-state index < -0.39 is 0 Å². The first-order chi connectivity index (χ1) is 15.5. The summed E-state index contributed by atoms with van der Waals surface area (Å²) in [5, 5.41) is 15.2. The van der Waals surface area contributed by atoms with E-state index in [0.717, 1.165) is 23.3 Å². The Balaban J connectivity index is 1.11. The SMILES string of the molecule is CC(NC(=O)CO/N=C(\N)c1cn(Cc2ccccc2)nn1)C12CC3CC(CC(C3)C1)C2. The number of oxime groups is 1. The van der Waals surface area contributed by atoms with Crippen LogP contribution in [0.15, 0.2) is 41.7 Å². The van der Waals surface area contributed by atoms with E-state index in [-0.39, 0.29) is 29.8 Å². The molecule has 0 spiro atoms. The molecule has 3 N–H and O–H groups in total. The molecule has 4 aliphatic carbocycles. The average Bonchev–Trinajstić information content (AvgIpc) is 3.22. The molecular formula is C24H32N6O2. The van der Waals surface area contributed by atoms with Gasteiger partial charge in [0.15, 0.2) is 18.1 Å². The Morgan fingerprint density at radius 3 is 2.53 bits per heavy atom. The minimum atomic E-state index is -0.157. The first-order valence-electron chi connectivity index (χ1n) is 11.7. The lowest BCUT2D eigenvalue weighted by molar-refractivity contribution is -0.130. The number of nitrogens with zero attached hydrogens (tertiary/aromatic N) is 4. The minimum absolute atomic E-state index is 0.103. The quantitative estimate of drug-likeness (QED) is 0.376. The molecule has 0 saturated heterocycles. The maximum Gasteiger partial charge on any atom is 0.261 e. The number of benzene rings is 1. The molecule has 4 bridgehead atoms. The Morgan fingerprint density at radius 1 is 1.22 bits per heavy atom. The zero-order valence-electron chi connectivity index (χ0n) is 18.6. The summed E-state index contributed by atoms with van der Waals surface area (Å²) < 4.78 is 1.69. The van der Waals surface area contributed by atoms with Crippen molar-refractivity contribution in [2.24, 2.45) is 34.1 Å². The highest BCUT2D eigenvalue weighted by Gasteiger charge is 2.53. The van der Waals surface area contributed by atoms with Crippen molar-refractivity contribution in [3.05, 3.63) is 47.8 Å². The molecule has 170 valence electrons. The second-order valence-electron chi connectivity index (χ2n) is 10.1. The number of nitrogens with one attached hydrogen (secondary N) is 1. The van der Waals surface area contributed by atoms with Gasteiger partial charge >= 0.3 is 0 Å². The van der Waals surface area contributed by atoms with Gasteiger partial charge in [-0.25, -0.2) is 4.68 Å². The number of nitrogens with two attached hydrogens (primary N) is 1. The largest absolute Gasteiger partial charge is 0.384 e. The van der Waals surface area contributed by atoms with E-state index in [1.54, 1.807) is 10.9 Å². The molecule has 32 heavy (non-hydrogen) atoms. The highest BCUT2D eigenvalue weighted by atomic mass is 16.6. The van der Waals surface area contributed by atoms with Crippen molar-refractivity contribution in [2.75, 3.05) is 6.61 Å². The summed E-state index contributed by atoms with van der Waals surface area (Å²) in [6.07, 6.45) is 9.67. The number of hydrogen-bond acceptors (Lipinski definition) is 5. The van der Waals surface area contributed by atoms with E-state index in [1.165, 1.54) is 38.5 Å². The number of amidine groups is 1. The first kappa shape index (κ1) is 21.0. The van der Waals surface area contributed by atoms with Crippen LogP contribution in [0.2, 0.25) is 0 Å². The van der Waals surface area contributed by atoms with Gasteiger partial charge in [0.2, 0.25) is 0 Å². The summed E-state index contributed by atoms with van der Waals surface area (Å²) in [6, 6.07) is 10.1. The lowest BCUT2D eigenvalue weighted by atomic mass is 9.48. The molecule has 4 fully saturated rings. The van der Waals surface area contributed by atoms with E-state index in [1.807, 2.05) is 30.3 Å². The number of carbonyl (C=O) groups excluding carboxylic acids is 1. The molecule has 0 aliphatic heterocycles. The fraction of sp³-hybridized carbons (Fsp3) is 0.583. The molecule has 1 heterocycles. The zero-order chi connectivity index (χ0) is 22.1. The number of carbonyl (C=O) groups is 1. The fourth-order valence-electron chi connectivity index (χ4n) is 6.61. The molecule has 1 amide bonds. The van der Waals surface area contributed by atoms with Gasteiger partial charge in [-0.05, 0) is 74.2 Å². The fourth-order valence-corrected chi connectivity index (χ4v) is 6.61. The van der Waals surface area contributed by atoms with Crippen LogP contribution in [0, 0.1) is 23.2 Å². The van der Waals surface area contributed by atoms with E-state index in [2.05, 4.69) is 27.7 Å². The summed E-state index contributed by atoms with van der Waals surface area (Å²) in [7, 11) is 0. The first-order valence-corrected chi connectivity index (χ1v) is 11.7. The molecule has 0 radical (unpaired) electrons. The smallest absolute Gasteiger partial charge is 0.261 e. The normalized spacial score (nSPS) is 29.7. The van der Waals surface area contributed by atoms with Gasteiger partial charge < -0.3 is 15.9 Å². The van der Waals surface area contributed by atoms with Gasteiger partial charge in [-0.3, -0.25) is 4.79 Å². The summed E-state index contributed by atoms with van der Waals surface area (Å²) in [5.74, 6) is 2.52. The van der Waals surface area contributed by atoms with Crippen LogP contribution >= 0.6 is 0 Å². The second kappa shape index (κ2) is 8.56. The third kappa shape index (κ3) is 4.36. The van der Waals surface area contributed by atoms with Crippen molar-refractivity contribution in [1.29, 1.82) is 0 Å². The number of amides is 1. The minimum Gasteiger partial charge on any atom is -0.384 e. The molecule has 6 rings (SSSR count). The predicted molar refractivity (Wildman–Crippen MR) is 120 cm³/mol. The van der Waals surface area contributed by atoms with E-state index in [0.29, 0.717) is 12.2 Å². The van der Waals surface area contributed by atoms with Crippen LogP contribution in [0.4, 0.5) is 0 Å². The molecule has 2 aromatic rings. The molecule has 1 unspecified atom stereocenters. The summed E-state index contributed by atoms with van der Waals surface area (Å²) in [4.78, 5) is 17.7. The van der Waals surface area contributed by atoms with Gasteiger partial charge in [-0.15, -0.1) is 5.10 Å². The standard InChI is InChI=1S/C24H32N6O2/c1-16(24-10-18-7-19(11-24)9-20(8-18)12-24)26-22(31)15-32-28-23(25)21-14-30(29-27-21)13-17-5-3-2-4-6-17/h2-6,14,16,18-20H,7-13,15H2,1H3,(H2,25,28)(H,26,31). The summed E-state index contributed by atoms with van der Waals surface area (Å²) in [5.41, 5.74) is 7.77. The number of aromatic nitrogens is 3. The van der Waals surface area contributed by atoms with Crippen LogP contribution in [0.3, 0.4) is 0 Å². The van der Waals surface area contributed by atoms with Crippen LogP contribution in [0.25, 0.3) is 0 Å². The van der Waals surface area contributed by atoms with Crippen LogP contribution in [-0.4, -0.2) is 39.4 Å². The van der Waals surface area contributed by atoms with Crippen LogP contribution in [-0.2, 0) is 16.2 Å². The lowest BCUT2D eigenvalue weighted by Crippen LogP contribution is -2.56. The Bertz CT molecular complexity index is 950. The third-order valence-corrected chi connectivity index (χ3v) is 7.73. The van der Waals surface area contributed by atoms with Crippen LogP contribution in [0.5, 0.6) is 0 Å². The Labute approximate surface area is 188 Å². The predicted octanol–water partition coefficient (Wildman–Crippen LogP) is 2.68. The van der Waals surface area contributed by atoms with Crippen molar-refractivity contribution in [3.63, 3.8) is 0 Å². The molecule has 1 aromatic heterocycles. The topological polar surface area (TPSA) is 107 Å². The number of hydrogen-bond donors (Lipinski definition) is 2. The van der Waals surface area contributed by atoms with Gasteiger partial charge in [-0.2, -0.15) is 0 Å². The Hall–Kier alpha value is -2.90. The second-order valence-corrected chi connectivity index (χ2v) is 10.1. The van der Waals surface area contributed by atoms with Crippen molar-refractivity contribution in [1.82, 2.24) is 20.3 Å². The van der Waals surface area contributed by atoms with Crippen molar-refractivity contribution in [3.8, 4) is 0 Å². The Morgan fingerprint density at radius 2 is 1.88 bits per heavy atom. The van der Waals surface area contributed by atoms with Gasteiger partial charge in [0.05, 0.1) is 12.7 Å². The molecule has 1 aromatic carbocycles.